The molecule has 0 saturated carbocycles. The standard InChI is InChI=1S/C23H30N4O4S/c1-16-5-9-22(26-12-10-25(3)11-13-26)21-14-18(6-8-20(16)21)24-32(30,31)19-7-4-17(2)23(15-19)27(28)29/h4-5,7,9,15,18,24H,6,8,10-14H2,1-3H3/t18-/m1/s1. The predicted octanol–water partition coefficient (Wildman–Crippen LogP) is 2.80. The summed E-state index contributed by atoms with van der Waals surface area (Å²) in [5.74, 6) is 0. The van der Waals surface area contributed by atoms with Gasteiger partial charge in [-0.15, -0.1) is 0 Å². The lowest BCUT2D eigenvalue weighted by atomic mass is 9.84. The molecule has 0 amide bonds. The number of nitro groups is 1. The van der Waals surface area contributed by atoms with Gasteiger partial charge in [-0.2, -0.15) is 0 Å². The first-order valence-corrected chi connectivity index (χ1v) is 12.5. The summed E-state index contributed by atoms with van der Waals surface area (Å²) in [5.41, 5.74) is 5.25. The molecule has 1 atom stereocenters. The molecular formula is C23H30N4O4S. The van der Waals surface area contributed by atoms with E-state index >= 15 is 0 Å². The van der Waals surface area contributed by atoms with Crippen LogP contribution in [0.25, 0.3) is 0 Å². The molecule has 1 fully saturated rings. The molecule has 1 N–H and O–H groups in total. The highest BCUT2D eigenvalue weighted by Gasteiger charge is 2.29. The van der Waals surface area contributed by atoms with E-state index in [0.717, 1.165) is 38.7 Å². The second-order valence-electron chi connectivity index (χ2n) is 8.92. The third-order valence-corrected chi connectivity index (χ3v) is 8.21. The molecule has 1 heterocycles. The molecule has 8 nitrogen and oxygen atoms in total. The number of anilines is 1. The van der Waals surface area contributed by atoms with Gasteiger partial charge >= 0.3 is 0 Å². The summed E-state index contributed by atoms with van der Waals surface area (Å²) in [5, 5.41) is 11.3. The van der Waals surface area contributed by atoms with Crippen LogP contribution in [-0.4, -0.2) is 57.5 Å². The van der Waals surface area contributed by atoms with Crippen molar-refractivity contribution < 1.29 is 13.3 Å². The highest BCUT2D eigenvalue weighted by atomic mass is 32.2. The Morgan fingerprint density at radius 1 is 1.03 bits per heavy atom. The number of hydrogen-bond acceptors (Lipinski definition) is 6. The zero-order valence-corrected chi connectivity index (χ0v) is 19.6. The molecule has 2 aliphatic rings. The summed E-state index contributed by atoms with van der Waals surface area (Å²) in [6.45, 7) is 7.63. The lowest BCUT2D eigenvalue weighted by Crippen LogP contribution is -2.45. The molecule has 1 saturated heterocycles. The van der Waals surface area contributed by atoms with Gasteiger partial charge in [-0.1, -0.05) is 12.1 Å². The number of nitrogens with zero attached hydrogens (tertiary/aromatic N) is 3. The Morgan fingerprint density at radius 3 is 2.41 bits per heavy atom. The van der Waals surface area contributed by atoms with Crippen LogP contribution in [0.15, 0.2) is 35.2 Å². The third kappa shape index (κ3) is 4.51. The third-order valence-electron chi connectivity index (χ3n) is 6.69. The molecule has 0 aromatic heterocycles. The molecule has 0 spiro atoms. The topological polar surface area (TPSA) is 95.8 Å². The zero-order valence-electron chi connectivity index (χ0n) is 18.8. The lowest BCUT2D eigenvalue weighted by molar-refractivity contribution is -0.385. The minimum atomic E-state index is -3.87. The fourth-order valence-corrected chi connectivity index (χ4v) is 6.02. The van der Waals surface area contributed by atoms with Crippen LogP contribution in [0.5, 0.6) is 0 Å². The first-order chi connectivity index (χ1) is 15.2. The van der Waals surface area contributed by atoms with Crippen LogP contribution in [0.3, 0.4) is 0 Å². The van der Waals surface area contributed by atoms with Crippen molar-refractivity contribution in [1.29, 1.82) is 0 Å². The Morgan fingerprint density at radius 2 is 1.72 bits per heavy atom. The Bertz CT molecular complexity index is 1140. The zero-order chi connectivity index (χ0) is 23.0. The average molecular weight is 459 g/mol. The van der Waals surface area contributed by atoms with Gasteiger partial charge in [0.15, 0.2) is 0 Å². The van der Waals surface area contributed by atoms with Crippen LogP contribution in [0.2, 0.25) is 0 Å². The van der Waals surface area contributed by atoms with Crippen molar-refractivity contribution in [2.24, 2.45) is 0 Å². The van der Waals surface area contributed by atoms with Gasteiger partial charge < -0.3 is 9.80 Å². The number of hydrogen-bond donors (Lipinski definition) is 1. The van der Waals surface area contributed by atoms with Crippen LogP contribution in [-0.2, 0) is 22.9 Å². The van der Waals surface area contributed by atoms with Crippen LogP contribution in [0.4, 0.5) is 11.4 Å². The molecule has 2 aromatic carbocycles. The molecular weight excluding hydrogens is 428 g/mol. The molecule has 0 unspecified atom stereocenters. The average Bonchev–Trinajstić information content (AvgIpc) is 2.74. The monoisotopic (exact) mass is 458 g/mol. The smallest absolute Gasteiger partial charge is 0.273 e. The molecule has 2 aromatic rings. The SMILES string of the molecule is Cc1ccc(S(=O)(=O)N[C@@H]2CCc3c(C)ccc(N4CCN(C)CC4)c3C2)cc1[N+](=O)[O-]. The molecule has 4 rings (SSSR count). The summed E-state index contributed by atoms with van der Waals surface area (Å²) < 4.78 is 28.9. The van der Waals surface area contributed by atoms with Crippen molar-refractivity contribution in [3.8, 4) is 0 Å². The Kier molecular flexibility index (Phi) is 6.24. The van der Waals surface area contributed by atoms with Gasteiger partial charge in [0.05, 0.1) is 9.82 Å². The van der Waals surface area contributed by atoms with E-state index in [9.17, 15) is 18.5 Å². The summed E-state index contributed by atoms with van der Waals surface area (Å²) in [4.78, 5) is 15.4. The van der Waals surface area contributed by atoms with Gasteiger partial charge in [0.1, 0.15) is 0 Å². The maximum atomic E-state index is 13.0. The number of likely N-dealkylation sites (N-methyl/N-ethyl adjacent to an activating group) is 1. The molecule has 172 valence electrons. The highest BCUT2D eigenvalue weighted by Crippen LogP contribution is 2.34. The minimum absolute atomic E-state index is 0.0656. The second kappa shape index (κ2) is 8.80. The van der Waals surface area contributed by atoms with Gasteiger partial charge in [-0.05, 0) is 69.0 Å². The Labute approximate surface area is 189 Å². The number of sulfonamides is 1. The van der Waals surface area contributed by atoms with Crippen LogP contribution >= 0.6 is 0 Å². The normalized spacial score (nSPS) is 19.6. The highest BCUT2D eigenvalue weighted by molar-refractivity contribution is 7.89. The summed E-state index contributed by atoms with van der Waals surface area (Å²) in [7, 11) is -1.74. The van der Waals surface area contributed by atoms with Crippen molar-refractivity contribution in [3.63, 3.8) is 0 Å². The number of fused-ring (bicyclic) bond motifs is 1. The van der Waals surface area contributed by atoms with E-state index in [1.54, 1.807) is 6.92 Å². The number of nitro benzene ring substituents is 1. The van der Waals surface area contributed by atoms with E-state index < -0.39 is 14.9 Å². The number of piperazine rings is 1. The van der Waals surface area contributed by atoms with Gasteiger partial charge in [0, 0.05) is 49.5 Å². The largest absolute Gasteiger partial charge is 0.369 e. The van der Waals surface area contributed by atoms with E-state index in [4.69, 9.17) is 0 Å². The van der Waals surface area contributed by atoms with E-state index in [2.05, 4.69) is 40.6 Å². The predicted molar refractivity (Wildman–Crippen MR) is 125 cm³/mol. The van der Waals surface area contributed by atoms with E-state index in [1.807, 2.05) is 0 Å². The van der Waals surface area contributed by atoms with Crippen LogP contribution in [0.1, 0.15) is 28.7 Å². The summed E-state index contributed by atoms with van der Waals surface area (Å²) >= 11 is 0. The van der Waals surface area contributed by atoms with E-state index in [1.165, 1.54) is 34.5 Å². The first-order valence-electron chi connectivity index (χ1n) is 11.0. The first kappa shape index (κ1) is 22.7. The molecule has 0 radical (unpaired) electrons. The van der Waals surface area contributed by atoms with Crippen molar-refractivity contribution in [2.75, 3.05) is 38.1 Å². The number of nitrogens with one attached hydrogen (secondary N) is 1. The van der Waals surface area contributed by atoms with E-state index in [-0.39, 0.29) is 16.6 Å². The molecule has 1 aliphatic carbocycles. The molecule has 1 aliphatic heterocycles. The number of aryl methyl sites for hydroxylation is 2. The van der Waals surface area contributed by atoms with Gasteiger partial charge in [-0.3, -0.25) is 10.1 Å². The van der Waals surface area contributed by atoms with Crippen molar-refractivity contribution in [1.82, 2.24) is 9.62 Å². The van der Waals surface area contributed by atoms with Crippen molar-refractivity contribution in [3.05, 3.63) is 62.7 Å². The molecule has 0 bridgehead atoms. The summed E-state index contributed by atoms with van der Waals surface area (Å²) in [6, 6.07) is 8.15. The van der Waals surface area contributed by atoms with Gasteiger partial charge in [-0.25, -0.2) is 13.1 Å². The quantitative estimate of drug-likeness (QED) is 0.547. The van der Waals surface area contributed by atoms with Gasteiger partial charge in [0.25, 0.3) is 5.69 Å². The number of benzene rings is 2. The van der Waals surface area contributed by atoms with Crippen LogP contribution < -0.4 is 9.62 Å². The lowest BCUT2D eigenvalue weighted by Gasteiger charge is -2.37. The fourth-order valence-electron chi connectivity index (χ4n) is 4.73. The van der Waals surface area contributed by atoms with E-state index in [0.29, 0.717) is 18.4 Å². The van der Waals surface area contributed by atoms with Crippen molar-refractivity contribution >= 4 is 21.4 Å². The Balaban J connectivity index is 1.58. The van der Waals surface area contributed by atoms with Crippen LogP contribution in [0, 0.1) is 24.0 Å². The molecule has 32 heavy (non-hydrogen) atoms. The fraction of sp³-hybridized carbons (Fsp3) is 0.478. The Hall–Kier alpha value is -2.49. The second-order valence-corrected chi connectivity index (χ2v) is 10.6. The molecule has 9 heteroatoms. The number of rotatable bonds is 5. The maximum absolute atomic E-state index is 13.0. The maximum Gasteiger partial charge on any atom is 0.273 e. The summed E-state index contributed by atoms with van der Waals surface area (Å²) in [6.07, 6.45) is 2.13. The van der Waals surface area contributed by atoms with Gasteiger partial charge in [0.2, 0.25) is 10.0 Å². The van der Waals surface area contributed by atoms with Crippen molar-refractivity contribution in [2.45, 2.75) is 44.0 Å². The minimum Gasteiger partial charge on any atom is -0.369 e.